The second kappa shape index (κ2) is 6.55. The van der Waals surface area contributed by atoms with Crippen molar-refractivity contribution < 1.29 is 9.59 Å². The van der Waals surface area contributed by atoms with Gasteiger partial charge in [0.1, 0.15) is 11.4 Å². The number of fused-ring (bicyclic) bond motifs is 1. The van der Waals surface area contributed by atoms with Crippen molar-refractivity contribution in [2.75, 3.05) is 5.73 Å². The zero-order valence-electron chi connectivity index (χ0n) is 12.5. The number of hydrogen-bond donors (Lipinski definition) is 2. The number of nitrogens with zero attached hydrogens (tertiary/aromatic N) is 3. The van der Waals surface area contributed by atoms with E-state index < -0.39 is 5.91 Å². The fourth-order valence-corrected chi connectivity index (χ4v) is 2.93. The van der Waals surface area contributed by atoms with E-state index in [4.69, 9.17) is 5.73 Å². The maximum absolute atomic E-state index is 12.2. The molecule has 2 aromatic heterocycles. The Bertz CT molecular complexity index is 951. The number of hydrogen-bond acceptors (Lipinski definition) is 6. The van der Waals surface area contributed by atoms with Crippen LogP contribution < -0.4 is 11.1 Å². The van der Waals surface area contributed by atoms with Crippen molar-refractivity contribution in [2.45, 2.75) is 6.54 Å². The molecular weight excluding hydrogens is 326 g/mol. The van der Waals surface area contributed by atoms with Crippen LogP contribution in [0.2, 0.25) is 0 Å². The van der Waals surface area contributed by atoms with Gasteiger partial charge >= 0.3 is 0 Å². The Labute approximate surface area is 141 Å². The summed E-state index contributed by atoms with van der Waals surface area (Å²) in [5.41, 5.74) is 7.65. The number of nitrogens with two attached hydrogens (primary N) is 1. The first-order valence-corrected chi connectivity index (χ1v) is 7.80. The number of aliphatic imine (C=N–C) groups is 1. The Morgan fingerprint density at radius 1 is 1.21 bits per heavy atom. The predicted octanol–water partition coefficient (Wildman–Crippen LogP) is 2.04. The third-order valence-electron chi connectivity index (χ3n) is 3.27. The van der Waals surface area contributed by atoms with E-state index in [0.29, 0.717) is 11.7 Å². The van der Waals surface area contributed by atoms with Gasteiger partial charge in [0.05, 0.1) is 10.2 Å². The molecule has 0 saturated carbocycles. The van der Waals surface area contributed by atoms with E-state index in [0.717, 1.165) is 15.8 Å². The largest absolute Gasteiger partial charge is 0.375 e. The van der Waals surface area contributed by atoms with Gasteiger partial charge in [-0.3, -0.25) is 9.59 Å². The van der Waals surface area contributed by atoms with Crippen LogP contribution in [-0.2, 0) is 6.54 Å². The first-order valence-electron chi connectivity index (χ1n) is 6.98. The van der Waals surface area contributed by atoms with Gasteiger partial charge < -0.3 is 11.1 Å². The lowest BCUT2D eigenvalue weighted by molar-refractivity contribution is 0.0945. The molecule has 3 rings (SSSR count). The Morgan fingerprint density at radius 3 is 2.79 bits per heavy atom. The molecule has 0 aliphatic heterocycles. The summed E-state index contributed by atoms with van der Waals surface area (Å²) in [7, 11) is 0. The molecule has 0 fully saturated rings. The number of carbonyl (C=O) groups is 2. The lowest BCUT2D eigenvalue weighted by Gasteiger charge is -2.05. The van der Waals surface area contributed by atoms with E-state index >= 15 is 0 Å². The number of nitrogens with one attached hydrogen (secondary N) is 1. The van der Waals surface area contributed by atoms with E-state index in [1.165, 1.54) is 23.5 Å². The average molecular weight is 339 g/mol. The monoisotopic (exact) mass is 339 g/mol. The van der Waals surface area contributed by atoms with Crippen LogP contribution >= 0.6 is 11.3 Å². The van der Waals surface area contributed by atoms with Gasteiger partial charge in [0.25, 0.3) is 11.8 Å². The molecule has 0 unspecified atom stereocenters. The molecule has 0 spiro atoms. The smallest absolute Gasteiger partial charge is 0.294 e. The first-order chi connectivity index (χ1) is 11.6. The van der Waals surface area contributed by atoms with Gasteiger partial charge in [0, 0.05) is 6.54 Å². The van der Waals surface area contributed by atoms with Crippen LogP contribution in [0.25, 0.3) is 10.2 Å². The summed E-state index contributed by atoms with van der Waals surface area (Å²) < 4.78 is 0.960. The molecule has 24 heavy (non-hydrogen) atoms. The number of pyridine rings is 1. The van der Waals surface area contributed by atoms with Gasteiger partial charge in [-0.05, 0) is 36.5 Å². The van der Waals surface area contributed by atoms with Crippen LogP contribution in [0.15, 0.2) is 41.4 Å². The van der Waals surface area contributed by atoms with E-state index in [-0.39, 0.29) is 17.3 Å². The normalized spacial score (nSPS) is 10.5. The highest BCUT2D eigenvalue weighted by molar-refractivity contribution is 7.22. The molecule has 0 aliphatic carbocycles. The van der Waals surface area contributed by atoms with Gasteiger partial charge in [-0.1, -0.05) is 23.5 Å². The Balaban J connectivity index is 1.72. The molecule has 0 bridgehead atoms. The van der Waals surface area contributed by atoms with E-state index in [1.54, 1.807) is 6.07 Å². The molecule has 2 heterocycles. The first kappa shape index (κ1) is 15.8. The van der Waals surface area contributed by atoms with Crippen LogP contribution in [0.1, 0.15) is 26.5 Å². The number of aromatic nitrogens is 2. The molecule has 8 heteroatoms. The maximum atomic E-state index is 12.2. The third kappa shape index (κ3) is 3.28. The number of nitrogen functional groups attached to an aromatic ring is 1. The summed E-state index contributed by atoms with van der Waals surface area (Å²) in [5.74, 6) is -0.949. The summed E-state index contributed by atoms with van der Waals surface area (Å²) in [5, 5.41) is 3.27. The number of rotatable bonds is 4. The molecule has 2 amide bonds. The zero-order chi connectivity index (χ0) is 17.1. The number of amides is 2. The van der Waals surface area contributed by atoms with Crippen LogP contribution in [0.5, 0.6) is 0 Å². The van der Waals surface area contributed by atoms with Crippen molar-refractivity contribution in [3.8, 4) is 0 Å². The van der Waals surface area contributed by atoms with E-state index in [2.05, 4.69) is 27.0 Å². The molecular formula is C16H13N5O2S. The van der Waals surface area contributed by atoms with Crippen LogP contribution in [-0.4, -0.2) is 28.5 Å². The summed E-state index contributed by atoms with van der Waals surface area (Å²) in [6.45, 7) is 3.49. The van der Waals surface area contributed by atoms with Crippen LogP contribution in [0.3, 0.4) is 0 Å². The molecule has 0 radical (unpaired) electrons. The molecule has 1 aromatic carbocycles. The van der Waals surface area contributed by atoms with Crippen LogP contribution in [0.4, 0.5) is 5.13 Å². The zero-order valence-corrected chi connectivity index (χ0v) is 13.3. The topological polar surface area (TPSA) is 110 Å². The Kier molecular flexibility index (Phi) is 4.30. The molecule has 7 nitrogen and oxygen atoms in total. The van der Waals surface area contributed by atoms with E-state index in [9.17, 15) is 9.59 Å². The second-order valence-corrected chi connectivity index (χ2v) is 5.97. The molecule has 0 aliphatic rings. The molecule has 3 aromatic rings. The number of thiazole rings is 1. The Hall–Kier alpha value is -3.13. The quantitative estimate of drug-likeness (QED) is 0.707. The second-order valence-electron chi connectivity index (χ2n) is 4.91. The molecule has 3 N–H and O–H groups in total. The van der Waals surface area contributed by atoms with Crippen molar-refractivity contribution in [1.29, 1.82) is 0 Å². The van der Waals surface area contributed by atoms with Crippen LogP contribution in [0, 0.1) is 0 Å². The fourth-order valence-electron chi connectivity index (χ4n) is 2.13. The van der Waals surface area contributed by atoms with Crippen molar-refractivity contribution >= 4 is 45.2 Å². The highest BCUT2D eigenvalue weighted by Gasteiger charge is 2.11. The van der Waals surface area contributed by atoms with Crippen molar-refractivity contribution in [3.63, 3.8) is 0 Å². The van der Waals surface area contributed by atoms with Gasteiger partial charge in [-0.15, -0.1) is 0 Å². The minimum atomic E-state index is -0.571. The molecule has 120 valence electrons. The van der Waals surface area contributed by atoms with Gasteiger partial charge in [0.15, 0.2) is 5.13 Å². The maximum Gasteiger partial charge on any atom is 0.294 e. The minimum Gasteiger partial charge on any atom is -0.375 e. The van der Waals surface area contributed by atoms with Crippen molar-refractivity contribution in [2.24, 2.45) is 4.99 Å². The van der Waals surface area contributed by atoms with Gasteiger partial charge in [0.2, 0.25) is 0 Å². The summed E-state index contributed by atoms with van der Waals surface area (Å²) in [6, 6.07) is 10.2. The standard InChI is InChI=1S/C16H13N5O2S/c1-18-14(22)11-3-2-4-12(20-11)15(23)19-8-9-5-6-10-13(7-9)24-16(17)21-10/h2-7H,1,8H2,(H2,17,21)(H,19,23). The number of anilines is 1. The van der Waals surface area contributed by atoms with E-state index in [1.807, 2.05) is 18.2 Å². The highest BCUT2D eigenvalue weighted by atomic mass is 32.1. The van der Waals surface area contributed by atoms with Gasteiger partial charge in [-0.2, -0.15) is 0 Å². The summed E-state index contributed by atoms with van der Waals surface area (Å²) >= 11 is 1.39. The lowest BCUT2D eigenvalue weighted by atomic mass is 10.2. The minimum absolute atomic E-state index is 0.0826. The van der Waals surface area contributed by atoms with Gasteiger partial charge in [-0.25, -0.2) is 15.0 Å². The highest BCUT2D eigenvalue weighted by Crippen LogP contribution is 2.24. The van der Waals surface area contributed by atoms with Crippen molar-refractivity contribution in [1.82, 2.24) is 15.3 Å². The number of carbonyl (C=O) groups excluding carboxylic acids is 2. The SMILES string of the molecule is C=NC(=O)c1cccc(C(=O)NCc2ccc3nc(N)sc3c2)n1. The predicted molar refractivity (Wildman–Crippen MR) is 93.3 cm³/mol. The Morgan fingerprint density at radius 2 is 2.00 bits per heavy atom. The fraction of sp³-hybridized carbons (Fsp3) is 0.0625. The number of benzene rings is 1. The molecule has 0 saturated heterocycles. The third-order valence-corrected chi connectivity index (χ3v) is 4.11. The summed E-state index contributed by atoms with van der Waals surface area (Å²) in [6.07, 6.45) is 0. The average Bonchev–Trinajstić information content (AvgIpc) is 2.98. The van der Waals surface area contributed by atoms with Crippen molar-refractivity contribution in [3.05, 3.63) is 53.3 Å². The lowest BCUT2D eigenvalue weighted by Crippen LogP contribution is -2.24. The summed E-state index contributed by atoms with van der Waals surface area (Å²) in [4.78, 5) is 35.1. The molecule has 0 atom stereocenters.